The van der Waals surface area contributed by atoms with Crippen LogP contribution in [0.3, 0.4) is 0 Å². The molecule has 0 aromatic heterocycles. The molecule has 1 fully saturated rings. The summed E-state index contributed by atoms with van der Waals surface area (Å²) in [5, 5.41) is 4.27. The van der Waals surface area contributed by atoms with Crippen LogP contribution in [0.2, 0.25) is 10.0 Å². The number of nitrogens with one attached hydrogen (secondary N) is 1. The van der Waals surface area contributed by atoms with E-state index < -0.39 is 5.41 Å². The molecule has 0 aliphatic heterocycles. The number of rotatable bonds is 3. The van der Waals surface area contributed by atoms with Crippen LogP contribution in [0.1, 0.15) is 24.0 Å². The molecule has 21 heavy (non-hydrogen) atoms. The standard InChI is InChI=1S/C17H15Cl2NO/c1-11-5-6-14(10-15(11)19)20-16(21)17(7-8-17)12-3-2-4-13(18)9-12/h2-6,9-10H,7-8H2,1H3,(H,20,21). The molecule has 0 bridgehead atoms. The van der Waals surface area contributed by atoms with E-state index in [-0.39, 0.29) is 5.91 Å². The lowest BCUT2D eigenvalue weighted by Crippen LogP contribution is -2.27. The Kier molecular flexibility index (Phi) is 3.68. The lowest BCUT2D eigenvalue weighted by atomic mass is 9.95. The number of anilines is 1. The van der Waals surface area contributed by atoms with Gasteiger partial charge in [-0.05, 0) is 55.2 Å². The molecule has 4 heteroatoms. The highest BCUT2D eigenvalue weighted by molar-refractivity contribution is 6.31. The topological polar surface area (TPSA) is 29.1 Å². The van der Waals surface area contributed by atoms with Crippen LogP contribution in [0.15, 0.2) is 42.5 Å². The van der Waals surface area contributed by atoms with Gasteiger partial charge < -0.3 is 5.32 Å². The summed E-state index contributed by atoms with van der Waals surface area (Å²) in [4.78, 5) is 12.6. The summed E-state index contributed by atoms with van der Waals surface area (Å²) < 4.78 is 0. The lowest BCUT2D eigenvalue weighted by Gasteiger charge is -2.16. The minimum Gasteiger partial charge on any atom is -0.325 e. The Hall–Kier alpha value is -1.51. The molecule has 0 spiro atoms. The number of benzene rings is 2. The number of carbonyl (C=O) groups is 1. The number of aryl methyl sites for hydroxylation is 1. The van der Waals surface area contributed by atoms with Gasteiger partial charge in [0.2, 0.25) is 5.91 Å². The molecule has 2 aromatic carbocycles. The van der Waals surface area contributed by atoms with E-state index in [0.717, 1.165) is 29.7 Å². The molecule has 1 aliphatic carbocycles. The summed E-state index contributed by atoms with van der Waals surface area (Å²) in [6, 6.07) is 13.1. The monoisotopic (exact) mass is 319 g/mol. The molecule has 2 aromatic rings. The molecular weight excluding hydrogens is 305 g/mol. The second-order valence-corrected chi connectivity index (χ2v) is 6.35. The Morgan fingerprint density at radius 2 is 1.90 bits per heavy atom. The molecular formula is C17H15Cl2NO. The molecule has 0 atom stereocenters. The van der Waals surface area contributed by atoms with E-state index in [0.29, 0.717) is 10.0 Å². The van der Waals surface area contributed by atoms with Crippen molar-refractivity contribution in [3.05, 3.63) is 63.6 Å². The number of carbonyl (C=O) groups excluding carboxylic acids is 1. The van der Waals surface area contributed by atoms with Gasteiger partial charge in [0.1, 0.15) is 0 Å². The van der Waals surface area contributed by atoms with Crippen molar-refractivity contribution in [1.29, 1.82) is 0 Å². The first-order chi connectivity index (χ1) is 10.0. The van der Waals surface area contributed by atoms with Crippen LogP contribution in [-0.2, 0) is 10.2 Å². The quantitative estimate of drug-likeness (QED) is 0.850. The molecule has 3 rings (SSSR count). The maximum absolute atomic E-state index is 12.6. The maximum atomic E-state index is 12.6. The first kappa shape index (κ1) is 14.4. The van der Waals surface area contributed by atoms with Crippen LogP contribution in [0.25, 0.3) is 0 Å². The van der Waals surface area contributed by atoms with Crippen LogP contribution in [-0.4, -0.2) is 5.91 Å². The summed E-state index contributed by atoms with van der Waals surface area (Å²) in [6.07, 6.45) is 1.69. The first-order valence-electron chi connectivity index (χ1n) is 6.85. The average Bonchev–Trinajstić information content (AvgIpc) is 3.24. The molecule has 0 saturated heterocycles. The van der Waals surface area contributed by atoms with Gasteiger partial charge in [-0.3, -0.25) is 4.79 Å². The fourth-order valence-corrected chi connectivity index (χ4v) is 2.85. The van der Waals surface area contributed by atoms with Crippen LogP contribution in [0, 0.1) is 6.92 Å². The van der Waals surface area contributed by atoms with E-state index in [1.165, 1.54) is 0 Å². The van der Waals surface area contributed by atoms with E-state index in [9.17, 15) is 4.79 Å². The second-order valence-electron chi connectivity index (χ2n) is 5.51. The molecule has 108 valence electrons. The summed E-state index contributed by atoms with van der Waals surface area (Å²) >= 11 is 12.1. The van der Waals surface area contributed by atoms with Gasteiger partial charge in [-0.1, -0.05) is 41.4 Å². The lowest BCUT2D eigenvalue weighted by molar-refractivity contribution is -0.118. The highest BCUT2D eigenvalue weighted by Crippen LogP contribution is 2.49. The third kappa shape index (κ3) is 2.78. The molecule has 1 N–H and O–H groups in total. The highest BCUT2D eigenvalue weighted by Gasteiger charge is 2.51. The fraction of sp³-hybridized carbons (Fsp3) is 0.235. The van der Waals surface area contributed by atoms with Gasteiger partial charge in [0.25, 0.3) is 0 Å². The average molecular weight is 320 g/mol. The minimum absolute atomic E-state index is 0.00434. The van der Waals surface area contributed by atoms with Gasteiger partial charge >= 0.3 is 0 Å². The summed E-state index contributed by atoms with van der Waals surface area (Å²) in [5.74, 6) is 0.00434. The van der Waals surface area contributed by atoms with Crippen molar-refractivity contribution in [3.63, 3.8) is 0 Å². The van der Waals surface area contributed by atoms with Crippen molar-refractivity contribution in [1.82, 2.24) is 0 Å². The summed E-state index contributed by atoms with van der Waals surface area (Å²) in [5.41, 5.74) is 2.25. The van der Waals surface area contributed by atoms with E-state index in [1.54, 1.807) is 6.07 Å². The summed E-state index contributed by atoms with van der Waals surface area (Å²) in [6.45, 7) is 1.93. The molecule has 2 nitrogen and oxygen atoms in total. The Bertz CT molecular complexity index is 708. The van der Waals surface area contributed by atoms with Crippen LogP contribution < -0.4 is 5.32 Å². The minimum atomic E-state index is -0.442. The number of halogens is 2. The van der Waals surface area contributed by atoms with Crippen molar-refractivity contribution in [2.75, 3.05) is 5.32 Å². The smallest absolute Gasteiger partial charge is 0.235 e. The number of hydrogen-bond acceptors (Lipinski definition) is 1. The Morgan fingerprint density at radius 1 is 1.14 bits per heavy atom. The van der Waals surface area contributed by atoms with Crippen molar-refractivity contribution >= 4 is 34.8 Å². The Labute approximate surface area is 134 Å². The molecule has 1 amide bonds. The second kappa shape index (κ2) is 5.36. The largest absolute Gasteiger partial charge is 0.325 e. The van der Waals surface area contributed by atoms with Crippen LogP contribution in [0.5, 0.6) is 0 Å². The predicted molar refractivity (Wildman–Crippen MR) is 87.2 cm³/mol. The zero-order valence-corrected chi connectivity index (χ0v) is 13.1. The van der Waals surface area contributed by atoms with Crippen molar-refractivity contribution in [2.24, 2.45) is 0 Å². The normalized spacial score (nSPS) is 15.6. The number of amides is 1. The first-order valence-corrected chi connectivity index (χ1v) is 7.60. The summed E-state index contributed by atoms with van der Waals surface area (Å²) in [7, 11) is 0. The van der Waals surface area contributed by atoms with Gasteiger partial charge in [0, 0.05) is 15.7 Å². The van der Waals surface area contributed by atoms with Gasteiger partial charge in [-0.25, -0.2) is 0 Å². The SMILES string of the molecule is Cc1ccc(NC(=O)C2(c3cccc(Cl)c3)CC2)cc1Cl. The molecule has 1 aliphatic rings. The fourth-order valence-electron chi connectivity index (χ4n) is 2.48. The Morgan fingerprint density at radius 3 is 2.52 bits per heavy atom. The zero-order valence-electron chi connectivity index (χ0n) is 11.6. The van der Waals surface area contributed by atoms with Gasteiger partial charge in [0.05, 0.1) is 5.41 Å². The molecule has 1 saturated carbocycles. The van der Waals surface area contributed by atoms with Crippen LogP contribution >= 0.6 is 23.2 Å². The molecule has 0 heterocycles. The van der Waals surface area contributed by atoms with E-state index in [4.69, 9.17) is 23.2 Å². The van der Waals surface area contributed by atoms with Gasteiger partial charge in [-0.15, -0.1) is 0 Å². The van der Waals surface area contributed by atoms with E-state index in [2.05, 4.69) is 5.32 Å². The zero-order chi connectivity index (χ0) is 15.0. The molecule has 0 unspecified atom stereocenters. The number of hydrogen-bond donors (Lipinski definition) is 1. The third-order valence-electron chi connectivity index (χ3n) is 3.99. The maximum Gasteiger partial charge on any atom is 0.235 e. The van der Waals surface area contributed by atoms with Gasteiger partial charge in [0.15, 0.2) is 0 Å². The highest BCUT2D eigenvalue weighted by atomic mass is 35.5. The van der Waals surface area contributed by atoms with Crippen molar-refractivity contribution < 1.29 is 4.79 Å². The van der Waals surface area contributed by atoms with Crippen LogP contribution in [0.4, 0.5) is 5.69 Å². The third-order valence-corrected chi connectivity index (χ3v) is 4.63. The van der Waals surface area contributed by atoms with E-state index in [1.807, 2.05) is 43.3 Å². The van der Waals surface area contributed by atoms with Gasteiger partial charge in [-0.2, -0.15) is 0 Å². The molecule has 0 radical (unpaired) electrons. The van der Waals surface area contributed by atoms with Crippen molar-refractivity contribution in [3.8, 4) is 0 Å². The predicted octanol–water partition coefficient (Wildman–Crippen LogP) is 4.97. The van der Waals surface area contributed by atoms with Crippen molar-refractivity contribution in [2.45, 2.75) is 25.2 Å². The van der Waals surface area contributed by atoms with E-state index >= 15 is 0 Å². The Balaban J connectivity index is 1.83.